The van der Waals surface area contributed by atoms with Gasteiger partial charge in [-0.2, -0.15) is 0 Å². The Morgan fingerprint density at radius 1 is 1.15 bits per heavy atom. The molecule has 1 aliphatic heterocycles. The third-order valence-corrected chi connectivity index (χ3v) is 4.54. The lowest BCUT2D eigenvalue weighted by atomic mass is 9.97. The Balaban J connectivity index is 2.05. The van der Waals surface area contributed by atoms with Crippen LogP contribution in [0.2, 0.25) is 0 Å². The first-order valence-corrected chi connectivity index (χ1v) is 9.52. The van der Waals surface area contributed by atoms with E-state index in [2.05, 4.69) is 26.5 Å². The number of benzene rings is 1. The minimum Gasteiger partial charge on any atom is -0.466 e. The van der Waals surface area contributed by atoms with Crippen molar-refractivity contribution in [3.05, 3.63) is 28.7 Å². The van der Waals surface area contributed by atoms with Gasteiger partial charge in [0.05, 0.1) is 24.8 Å². The van der Waals surface area contributed by atoms with E-state index < -0.39 is 5.97 Å². The molecule has 1 saturated heterocycles. The van der Waals surface area contributed by atoms with E-state index in [-0.39, 0.29) is 24.3 Å². The zero-order chi connectivity index (χ0) is 18.9. The number of likely N-dealkylation sites (tertiary alicyclic amines) is 1. The van der Waals surface area contributed by atoms with Crippen LogP contribution in [0, 0.1) is 5.92 Å². The van der Waals surface area contributed by atoms with Gasteiger partial charge in [-0.25, -0.2) is 4.79 Å². The van der Waals surface area contributed by atoms with Crippen molar-refractivity contribution in [2.75, 3.05) is 31.7 Å². The molecular weight excluding hydrogens is 402 g/mol. The minimum absolute atomic E-state index is 0.130. The van der Waals surface area contributed by atoms with Gasteiger partial charge in [-0.05, 0) is 51.0 Å². The first-order valence-electron chi connectivity index (χ1n) is 8.73. The first-order chi connectivity index (χ1) is 12.5. The molecule has 7 nitrogen and oxygen atoms in total. The Hall–Kier alpha value is -2.09. The number of piperidine rings is 1. The van der Waals surface area contributed by atoms with Crippen LogP contribution in [0.5, 0.6) is 0 Å². The van der Waals surface area contributed by atoms with Gasteiger partial charge in [-0.15, -0.1) is 5.10 Å². The second-order valence-electron chi connectivity index (χ2n) is 5.79. The molecule has 26 heavy (non-hydrogen) atoms. The van der Waals surface area contributed by atoms with Crippen LogP contribution >= 0.6 is 15.9 Å². The van der Waals surface area contributed by atoms with Gasteiger partial charge in [0.15, 0.2) is 0 Å². The van der Waals surface area contributed by atoms with E-state index in [1.807, 2.05) is 29.2 Å². The largest absolute Gasteiger partial charge is 0.466 e. The SMILES string of the molecule is CCOC(=O)C(=NNc1ccc(Br)cc1)N1CCC(C(=O)OCC)CC1. The van der Waals surface area contributed by atoms with Crippen LogP contribution in [0.4, 0.5) is 5.69 Å². The number of halogens is 1. The summed E-state index contributed by atoms with van der Waals surface area (Å²) in [5, 5.41) is 4.26. The summed E-state index contributed by atoms with van der Waals surface area (Å²) in [4.78, 5) is 26.0. The molecule has 0 spiro atoms. The van der Waals surface area contributed by atoms with E-state index in [4.69, 9.17) is 9.47 Å². The molecule has 0 amide bonds. The van der Waals surface area contributed by atoms with Crippen LogP contribution in [0.25, 0.3) is 0 Å². The van der Waals surface area contributed by atoms with Crippen LogP contribution in [0.1, 0.15) is 26.7 Å². The molecular formula is C18H24BrN3O4. The number of carbonyl (C=O) groups excluding carboxylic acids is 2. The smallest absolute Gasteiger partial charge is 0.375 e. The number of rotatable bonds is 5. The molecule has 0 bridgehead atoms. The van der Waals surface area contributed by atoms with Crippen molar-refractivity contribution in [1.82, 2.24) is 4.90 Å². The second kappa shape index (κ2) is 10.2. The molecule has 2 rings (SSSR count). The fourth-order valence-corrected chi connectivity index (χ4v) is 2.93. The summed E-state index contributed by atoms with van der Waals surface area (Å²) < 4.78 is 11.2. The first kappa shape index (κ1) is 20.2. The summed E-state index contributed by atoms with van der Waals surface area (Å²) in [5.41, 5.74) is 3.66. The lowest BCUT2D eigenvalue weighted by Gasteiger charge is -2.32. The van der Waals surface area contributed by atoms with Crippen LogP contribution in [-0.2, 0) is 19.1 Å². The number of esters is 2. The number of hydrazone groups is 1. The fraction of sp³-hybridized carbons (Fsp3) is 0.500. The van der Waals surface area contributed by atoms with Gasteiger partial charge in [-0.1, -0.05) is 15.9 Å². The highest BCUT2D eigenvalue weighted by atomic mass is 79.9. The number of nitrogens with zero attached hydrogens (tertiary/aromatic N) is 2. The summed E-state index contributed by atoms with van der Waals surface area (Å²) in [6, 6.07) is 7.46. The van der Waals surface area contributed by atoms with E-state index in [0.29, 0.717) is 32.5 Å². The summed E-state index contributed by atoms with van der Waals surface area (Å²) in [6.07, 6.45) is 1.24. The molecule has 1 heterocycles. The summed E-state index contributed by atoms with van der Waals surface area (Å²) in [5.74, 6) is -0.562. The van der Waals surface area contributed by atoms with Gasteiger partial charge in [0.25, 0.3) is 0 Å². The molecule has 1 aliphatic rings. The van der Waals surface area contributed by atoms with Crippen molar-refractivity contribution in [2.45, 2.75) is 26.7 Å². The molecule has 0 atom stereocenters. The molecule has 0 aliphatic carbocycles. The van der Waals surface area contributed by atoms with Crippen molar-refractivity contribution in [1.29, 1.82) is 0 Å². The Kier molecular flexibility index (Phi) is 7.90. The fourth-order valence-electron chi connectivity index (χ4n) is 2.67. The van der Waals surface area contributed by atoms with Gasteiger partial charge >= 0.3 is 11.9 Å². The van der Waals surface area contributed by atoms with Gasteiger partial charge in [-0.3, -0.25) is 10.2 Å². The number of nitrogens with one attached hydrogen (secondary N) is 1. The van der Waals surface area contributed by atoms with Crippen molar-refractivity contribution in [2.24, 2.45) is 11.0 Å². The maximum Gasteiger partial charge on any atom is 0.375 e. The van der Waals surface area contributed by atoms with Crippen LogP contribution in [0.3, 0.4) is 0 Å². The maximum atomic E-state index is 12.3. The molecule has 1 aromatic carbocycles. The second-order valence-corrected chi connectivity index (χ2v) is 6.70. The van der Waals surface area contributed by atoms with E-state index in [1.165, 1.54) is 0 Å². The van der Waals surface area contributed by atoms with E-state index in [9.17, 15) is 9.59 Å². The van der Waals surface area contributed by atoms with Crippen molar-refractivity contribution < 1.29 is 19.1 Å². The summed E-state index contributed by atoms with van der Waals surface area (Å²) in [6.45, 7) is 5.30. The number of carbonyl (C=O) groups is 2. The Morgan fingerprint density at radius 3 is 2.35 bits per heavy atom. The number of amidine groups is 1. The van der Waals surface area contributed by atoms with Gasteiger partial charge in [0.2, 0.25) is 5.84 Å². The number of anilines is 1. The molecule has 0 unspecified atom stereocenters. The predicted molar refractivity (Wildman–Crippen MR) is 103 cm³/mol. The van der Waals surface area contributed by atoms with Crippen molar-refractivity contribution >= 4 is 39.4 Å². The summed E-state index contributed by atoms with van der Waals surface area (Å²) in [7, 11) is 0. The zero-order valence-electron chi connectivity index (χ0n) is 15.0. The average molecular weight is 426 g/mol. The normalized spacial score (nSPS) is 15.5. The quantitative estimate of drug-likeness (QED) is 0.338. The third-order valence-electron chi connectivity index (χ3n) is 4.01. The van der Waals surface area contributed by atoms with Crippen LogP contribution in [0.15, 0.2) is 33.8 Å². The highest BCUT2D eigenvalue weighted by molar-refractivity contribution is 9.10. The number of hydrogen-bond acceptors (Lipinski definition) is 6. The standard InChI is InChI=1S/C18H24BrN3O4/c1-3-25-17(23)13-9-11-22(12-10-13)16(18(24)26-4-2)21-20-15-7-5-14(19)6-8-15/h5-8,13,20H,3-4,9-12H2,1-2H3. The number of ether oxygens (including phenoxy) is 2. The van der Waals surface area contributed by atoms with Gasteiger partial charge < -0.3 is 14.4 Å². The van der Waals surface area contributed by atoms with Crippen molar-refractivity contribution in [3.63, 3.8) is 0 Å². The number of hydrogen-bond donors (Lipinski definition) is 1. The molecule has 0 aromatic heterocycles. The Labute approximate surface area is 161 Å². The summed E-state index contributed by atoms with van der Waals surface area (Å²) >= 11 is 3.38. The maximum absolute atomic E-state index is 12.3. The molecule has 1 N–H and O–H groups in total. The molecule has 8 heteroatoms. The lowest BCUT2D eigenvalue weighted by molar-refractivity contribution is -0.149. The highest BCUT2D eigenvalue weighted by Crippen LogP contribution is 2.20. The van der Waals surface area contributed by atoms with Crippen LogP contribution in [-0.4, -0.2) is 49.0 Å². The third kappa shape index (κ3) is 5.72. The van der Waals surface area contributed by atoms with Gasteiger partial charge in [0.1, 0.15) is 0 Å². The van der Waals surface area contributed by atoms with Gasteiger partial charge in [0, 0.05) is 17.6 Å². The Morgan fingerprint density at radius 2 is 1.77 bits per heavy atom. The highest BCUT2D eigenvalue weighted by Gasteiger charge is 2.30. The Bertz CT molecular complexity index is 640. The molecule has 1 aromatic rings. The van der Waals surface area contributed by atoms with E-state index in [1.54, 1.807) is 13.8 Å². The predicted octanol–water partition coefficient (Wildman–Crippen LogP) is 3.01. The van der Waals surface area contributed by atoms with E-state index in [0.717, 1.165) is 10.2 Å². The van der Waals surface area contributed by atoms with Crippen LogP contribution < -0.4 is 5.43 Å². The zero-order valence-corrected chi connectivity index (χ0v) is 16.6. The molecule has 1 fully saturated rings. The lowest BCUT2D eigenvalue weighted by Crippen LogP contribution is -2.44. The van der Waals surface area contributed by atoms with E-state index >= 15 is 0 Å². The molecule has 0 radical (unpaired) electrons. The monoisotopic (exact) mass is 425 g/mol. The average Bonchev–Trinajstić information content (AvgIpc) is 2.64. The minimum atomic E-state index is -0.480. The molecule has 0 saturated carbocycles. The van der Waals surface area contributed by atoms with Crippen molar-refractivity contribution in [3.8, 4) is 0 Å². The molecule has 142 valence electrons. The topological polar surface area (TPSA) is 80.2 Å².